The van der Waals surface area contributed by atoms with Gasteiger partial charge in [0.2, 0.25) is 17.8 Å². The molecule has 274 valence electrons. The monoisotopic (exact) mass is 707 g/mol. The molecule has 1 aromatic heterocycles. The highest BCUT2D eigenvalue weighted by atomic mass is 16.7. The number of aliphatic hydroxyl groups excluding tert-OH is 1. The fourth-order valence-corrected chi connectivity index (χ4v) is 6.56. The number of para-hydroxylation sites is 2. The standard InChI is InChI=1S/C40H49N7O5/c41-34-7-4-5-8-35(34)45-38(50)10-3-1-2-9-37(49)44-26-29-11-17-32(18-12-29)39-51-33(25-36(52-39)31-15-13-30(28-48)14-16-31)27-46-21-23-47(24-22-46)40-42-19-6-20-43-40/h4-8,11-20,33,36,39,48H,1-3,9-10,21-28,41H2,(H,44,49)(H,45,50)/t33-,36+,39+/m0/s1. The van der Waals surface area contributed by atoms with Gasteiger partial charge >= 0.3 is 0 Å². The molecule has 0 aliphatic carbocycles. The van der Waals surface area contributed by atoms with E-state index in [4.69, 9.17) is 15.2 Å². The predicted octanol–water partition coefficient (Wildman–Crippen LogP) is 5.12. The second-order valence-electron chi connectivity index (χ2n) is 13.4. The fraction of sp³-hybridized carbons (Fsp3) is 0.400. The van der Waals surface area contributed by atoms with Crippen molar-refractivity contribution >= 4 is 29.1 Å². The minimum atomic E-state index is -0.545. The number of amides is 2. The van der Waals surface area contributed by atoms with E-state index in [-0.39, 0.29) is 30.6 Å². The van der Waals surface area contributed by atoms with Gasteiger partial charge in [-0.05, 0) is 47.7 Å². The number of nitrogens with one attached hydrogen (secondary N) is 2. The third kappa shape index (κ3) is 10.6. The Kier molecular flexibility index (Phi) is 13.2. The van der Waals surface area contributed by atoms with Crippen LogP contribution in [0.2, 0.25) is 0 Å². The number of benzene rings is 3. The molecule has 3 atom stereocenters. The minimum Gasteiger partial charge on any atom is -0.397 e. The molecule has 3 aromatic carbocycles. The van der Waals surface area contributed by atoms with Gasteiger partial charge in [-0.25, -0.2) is 9.97 Å². The van der Waals surface area contributed by atoms with Crippen molar-refractivity contribution < 1.29 is 24.2 Å². The van der Waals surface area contributed by atoms with Gasteiger partial charge in [0.15, 0.2) is 6.29 Å². The predicted molar refractivity (Wildman–Crippen MR) is 200 cm³/mol. The van der Waals surface area contributed by atoms with E-state index in [1.54, 1.807) is 24.5 Å². The van der Waals surface area contributed by atoms with Crippen molar-refractivity contribution in [3.8, 4) is 0 Å². The van der Waals surface area contributed by atoms with Gasteiger partial charge in [0.25, 0.3) is 0 Å². The second-order valence-corrected chi connectivity index (χ2v) is 13.4. The van der Waals surface area contributed by atoms with E-state index in [1.807, 2.05) is 66.7 Å². The van der Waals surface area contributed by atoms with Gasteiger partial charge in [0, 0.05) is 76.5 Å². The SMILES string of the molecule is Nc1ccccc1NC(=O)CCCCCC(=O)NCc1ccc([C@@H]2O[C@H](CN3CCN(c4ncccn4)CC3)C[C@H](c3ccc(CO)cc3)O2)cc1. The lowest BCUT2D eigenvalue weighted by Gasteiger charge is -2.40. The zero-order chi connectivity index (χ0) is 36.1. The molecule has 2 aliphatic heterocycles. The maximum atomic E-state index is 12.5. The van der Waals surface area contributed by atoms with Crippen LogP contribution >= 0.6 is 0 Å². The molecule has 12 heteroatoms. The van der Waals surface area contributed by atoms with Crippen molar-refractivity contribution in [3.05, 3.63) is 114 Å². The van der Waals surface area contributed by atoms with E-state index in [0.29, 0.717) is 43.6 Å². The molecule has 5 N–H and O–H groups in total. The van der Waals surface area contributed by atoms with Crippen molar-refractivity contribution in [2.45, 2.75) is 70.2 Å². The Balaban J connectivity index is 0.970. The lowest BCUT2D eigenvalue weighted by atomic mass is 9.99. The summed E-state index contributed by atoms with van der Waals surface area (Å²) in [6.07, 6.45) is 6.52. The normalized spacial score (nSPS) is 19.2. The summed E-state index contributed by atoms with van der Waals surface area (Å²) in [5, 5.41) is 15.4. The third-order valence-electron chi connectivity index (χ3n) is 9.57. The summed E-state index contributed by atoms with van der Waals surface area (Å²) in [5.41, 5.74) is 10.9. The van der Waals surface area contributed by atoms with Gasteiger partial charge in [-0.15, -0.1) is 0 Å². The first-order valence-corrected chi connectivity index (χ1v) is 18.2. The Morgan fingerprint density at radius 2 is 1.46 bits per heavy atom. The number of ether oxygens (including phenoxy) is 2. The number of aliphatic hydroxyl groups is 1. The topological polar surface area (TPSA) is 155 Å². The average Bonchev–Trinajstić information content (AvgIpc) is 3.18. The van der Waals surface area contributed by atoms with Crippen LogP contribution < -0.4 is 21.3 Å². The first-order chi connectivity index (χ1) is 25.4. The number of aromatic nitrogens is 2. The molecule has 0 radical (unpaired) electrons. The van der Waals surface area contributed by atoms with E-state index < -0.39 is 6.29 Å². The van der Waals surface area contributed by atoms with Crippen LogP contribution in [0.1, 0.15) is 73.2 Å². The Morgan fingerprint density at radius 3 is 2.17 bits per heavy atom. The molecule has 3 heterocycles. The number of carbonyl (C=O) groups excluding carboxylic acids is 2. The summed E-state index contributed by atoms with van der Waals surface area (Å²) in [5.74, 6) is 0.675. The highest BCUT2D eigenvalue weighted by Crippen LogP contribution is 2.38. The van der Waals surface area contributed by atoms with Gasteiger partial charge < -0.3 is 35.8 Å². The highest BCUT2D eigenvalue weighted by molar-refractivity contribution is 5.93. The van der Waals surface area contributed by atoms with E-state index in [0.717, 1.165) is 73.8 Å². The number of carbonyl (C=O) groups is 2. The molecule has 2 fully saturated rings. The quantitative estimate of drug-likeness (QED) is 0.0967. The summed E-state index contributed by atoms with van der Waals surface area (Å²) in [7, 11) is 0. The maximum absolute atomic E-state index is 12.5. The molecule has 0 unspecified atom stereocenters. The Hall–Kier alpha value is -4.88. The number of nitrogens with zero attached hydrogens (tertiary/aromatic N) is 4. The van der Waals surface area contributed by atoms with Crippen LogP contribution in [-0.4, -0.2) is 70.6 Å². The van der Waals surface area contributed by atoms with E-state index in [9.17, 15) is 14.7 Å². The third-order valence-corrected chi connectivity index (χ3v) is 9.57. The van der Waals surface area contributed by atoms with Crippen molar-refractivity contribution in [1.82, 2.24) is 20.2 Å². The van der Waals surface area contributed by atoms with Crippen molar-refractivity contribution in [2.75, 3.05) is 48.7 Å². The van der Waals surface area contributed by atoms with Crippen LogP contribution in [0.4, 0.5) is 17.3 Å². The molecule has 6 rings (SSSR count). The highest BCUT2D eigenvalue weighted by Gasteiger charge is 2.34. The molecule has 12 nitrogen and oxygen atoms in total. The van der Waals surface area contributed by atoms with E-state index >= 15 is 0 Å². The lowest BCUT2D eigenvalue weighted by molar-refractivity contribution is -0.253. The smallest absolute Gasteiger partial charge is 0.225 e. The summed E-state index contributed by atoms with van der Waals surface area (Å²) in [6, 6.07) is 25.0. The molecule has 0 saturated carbocycles. The van der Waals surface area contributed by atoms with E-state index in [1.165, 1.54) is 0 Å². The van der Waals surface area contributed by atoms with Gasteiger partial charge in [-0.2, -0.15) is 0 Å². The lowest BCUT2D eigenvalue weighted by Crippen LogP contribution is -2.50. The van der Waals surface area contributed by atoms with Crippen LogP contribution in [0.25, 0.3) is 0 Å². The molecular formula is C40H49N7O5. The van der Waals surface area contributed by atoms with Crippen molar-refractivity contribution in [1.29, 1.82) is 0 Å². The molecule has 0 bridgehead atoms. The Morgan fingerprint density at radius 1 is 0.788 bits per heavy atom. The van der Waals surface area contributed by atoms with Crippen LogP contribution in [0.5, 0.6) is 0 Å². The zero-order valence-electron chi connectivity index (χ0n) is 29.5. The Labute approximate surface area is 305 Å². The molecular weight excluding hydrogens is 658 g/mol. The average molecular weight is 708 g/mol. The molecule has 0 spiro atoms. The number of anilines is 3. The van der Waals surface area contributed by atoms with Crippen LogP contribution in [-0.2, 0) is 32.2 Å². The minimum absolute atomic E-state index is 0.000819. The number of piperazine rings is 1. The Bertz CT molecular complexity index is 1720. The molecule has 2 amide bonds. The number of nitrogens with two attached hydrogens (primary N) is 1. The maximum Gasteiger partial charge on any atom is 0.225 e. The number of unbranched alkanes of at least 4 members (excludes halogenated alkanes) is 2. The number of rotatable bonds is 15. The molecule has 2 saturated heterocycles. The van der Waals surface area contributed by atoms with Gasteiger partial charge in [0.05, 0.1) is 30.2 Å². The summed E-state index contributed by atoms with van der Waals surface area (Å²) in [6.45, 7) is 4.70. The van der Waals surface area contributed by atoms with Crippen LogP contribution in [0.3, 0.4) is 0 Å². The van der Waals surface area contributed by atoms with Gasteiger partial charge in [0.1, 0.15) is 0 Å². The summed E-state index contributed by atoms with van der Waals surface area (Å²) in [4.78, 5) is 38.2. The van der Waals surface area contributed by atoms with Crippen molar-refractivity contribution in [2.24, 2.45) is 0 Å². The second kappa shape index (κ2) is 18.6. The summed E-state index contributed by atoms with van der Waals surface area (Å²) >= 11 is 0. The van der Waals surface area contributed by atoms with Crippen LogP contribution in [0, 0.1) is 0 Å². The first-order valence-electron chi connectivity index (χ1n) is 18.2. The number of hydrogen-bond donors (Lipinski definition) is 4. The molecule has 52 heavy (non-hydrogen) atoms. The molecule has 4 aromatic rings. The van der Waals surface area contributed by atoms with Gasteiger partial charge in [-0.3, -0.25) is 14.5 Å². The van der Waals surface area contributed by atoms with Gasteiger partial charge in [-0.1, -0.05) is 67.1 Å². The number of hydrogen-bond acceptors (Lipinski definition) is 10. The molecule has 2 aliphatic rings. The van der Waals surface area contributed by atoms with E-state index in [2.05, 4.69) is 30.4 Å². The van der Waals surface area contributed by atoms with Crippen LogP contribution in [0.15, 0.2) is 91.3 Å². The zero-order valence-corrected chi connectivity index (χ0v) is 29.5. The number of nitrogen functional groups attached to an aromatic ring is 1. The van der Waals surface area contributed by atoms with Crippen molar-refractivity contribution in [3.63, 3.8) is 0 Å². The fourth-order valence-electron chi connectivity index (χ4n) is 6.56. The first kappa shape index (κ1) is 36.9. The largest absolute Gasteiger partial charge is 0.397 e. The summed E-state index contributed by atoms with van der Waals surface area (Å²) < 4.78 is 13.1.